The lowest BCUT2D eigenvalue weighted by molar-refractivity contribution is 0.311. The number of rotatable bonds is 17. The molecule has 0 aliphatic heterocycles. The first-order valence-electron chi connectivity index (χ1n) is 10.2. The van der Waals surface area contributed by atoms with Gasteiger partial charge in [0.15, 0.2) is 0 Å². The zero-order chi connectivity index (χ0) is 22.4. The number of nitrogens with zero attached hydrogens (tertiary/aromatic N) is 3. The quantitative estimate of drug-likeness (QED) is 0.272. The zero-order valence-corrected chi connectivity index (χ0v) is 19.4. The van der Waals surface area contributed by atoms with Gasteiger partial charge in [-0.3, -0.25) is 13.7 Å². The average molecular weight is 420 g/mol. The van der Waals surface area contributed by atoms with Gasteiger partial charge in [-0.2, -0.15) is 0 Å². The summed E-state index contributed by atoms with van der Waals surface area (Å²) in [5.41, 5.74) is 1.12. The van der Waals surface area contributed by atoms with Crippen molar-refractivity contribution >= 4 is 19.8 Å². The van der Waals surface area contributed by atoms with Gasteiger partial charge in [-0.05, 0) is 10.8 Å². The van der Waals surface area contributed by atoms with Gasteiger partial charge in [0.25, 0.3) is 0 Å². The van der Waals surface area contributed by atoms with Gasteiger partial charge in [0.1, 0.15) is 0 Å². The molecule has 0 aliphatic carbocycles. The first-order chi connectivity index (χ1) is 14.6. The molecule has 0 saturated heterocycles. The van der Waals surface area contributed by atoms with Crippen LogP contribution in [0.15, 0.2) is 107 Å². The second kappa shape index (κ2) is 13.7. The molecule has 0 aromatic heterocycles. The summed E-state index contributed by atoms with van der Waals surface area (Å²) in [5, 5.41) is 1.26. The van der Waals surface area contributed by atoms with Gasteiger partial charge in [0.2, 0.25) is 0 Å². The minimum atomic E-state index is -2.75. The molecule has 3 nitrogen and oxygen atoms in total. The Labute approximate surface area is 185 Å². The van der Waals surface area contributed by atoms with Crippen LogP contribution in [0.25, 0.3) is 6.08 Å². The van der Waals surface area contributed by atoms with Crippen molar-refractivity contribution in [3.8, 4) is 0 Å². The largest absolute Gasteiger partial charge is 0.325 e. The minimum Gasteiger partial charge on any atom is -0.289 e. The van der Waals surface area contributed by atoms with Crippen molar-refractivity contribution in [2.75, 3.05) is 39.3 Å². The highest BCUT2D eigenvalue weighted by atomic mass is 28.4. The van der Waals surface area contributed by atoms with Crippen molar-refractivity contribution in [1.29, 1.82) is 0 Å². The van der Waals surface area contributed by atoms with E-state index in [1.54, 1.807) is 0 Å². The zero-order valence-electron chi connectivity index (χ0n) is 18.4. The van der Waals surface area contributed by atoms with Gasteiger partial charge in [-0.25, -0.2) is 0 Å². The fourth-order valence-electron chi connectivity index (χ4n) is 4.01. The van der Waals surface area contributed by atoms with E-state index in [0.717, 1.165) is 44.8 Å². The molecule has 1 aromatic rings. The molecule has 160 valence electrons. The third-order valence-electron chi connectivity index (χ3n) is 4.96. The van der Waals surface area contributed by atoms with E-state index in [2.05, 4.69) is 84.0 Å². The molecule has 0 atom stereocenters. The van der Waals surface area contributed by atoms with Crippen molar-refractivity contribution in [3.63, 3.8) is 0 Å². The summed E-state index contributed by atoms with van der Waals surface area (Å²) in [6.07, 6.45) is 13.7. The third kappa shape index (κ3) is 5.55. The van der Waals surface area contributed by atoms with E-state index in [0.29, 0.717) is 0 Å². The van der Waals surface area contributed by atoms with Crippen LogP contribution in [0.2, 0.25) is 0 Å². The molecule has 0 spiro atoms. The summed E-state index contributed by atoms with van der Waals surface area (Å²) < 4.78 is 7.49. The Hall–Kier alpha value is -2.50. The Balaban J connectivity index is 4.10. The van der Waals surface area contributed by atoms with Gasteiger partial charge in [-0.1, -0.05) is 73.4 Å². The van der Waals surface area contributed by atoms with Crippen LogP contribution < -0.4 is 5.19 Å². The van der Waals surface area contributed by atoms with E-state index in [-0.39, 0.29) is 0 Å². The van der Waals surface area contributed by atoms with Crippen LogP contribution >= 0.6 is 0 Å². The molecule has 0 N–H and O–H groups in total. The first-order valence-corrected chi connectivity index (χ1v) is 12.1. The summed E-state index contributed by atoms with van der Waals surface area (Å²) >= 11 is 0. The molecule has 30 heavy (non-hydrogen) atoms. The van der Waals surface area contributed by atoms with Crippen LogP contribution in [-0.2, 0) is 0 Å². The van der Waals surface area contributed by atoms with Gasteiger partial charge in [0, 0.05) is 39.3 Å². The van der Waals surface area contributed by atoms with Crippen LogP contribution in [0.5, 0.6) is 0 Å². The van der Waals surface area contributed by atoms with Crippen molar-refractivity contribution in [3.05, 3.63) is 112 Å². The van der Waals surface area contributed by atoms with Crippen LogP contribution in [0, 0.1) is 0 Å². The topological polar surface area (TPSA) is 9.72 Å². The smallest absolute Gasteiger partial charge is 0.289 e. The molecule has 0 heterocycles. The van der Waals surface area contributed by atoms with Gasteiger partial charge in [-0.15, -0.1) is 39.5 Å². The van der Waals surface area contributed by atoms with Crippen molar-refractivity contribution in [1.82, 2.24) is 13.7 Å². The molecule has 0 radical (unpaired) electrons. The molecule has 1 rings (SSSR count). The Kier molecular flexibility index (Phi) is 11.6. The van der Waals surface area contributed by atoms with Crippen LogP contribution in [0.1, 0.15) is 5.56 Å². The average Bonchev–Trinajstić information content (AvgIpc) is 2.75. The molecular weight excluding hydrogens is 382 g/mol. The van der Waals surface area contributed by atoms with Crippen molar-refractivity contribution in [2.24, 2.45) is 0 Å². The maximum absolute atomic E-state index is 4.10. The van der Waals surface area contributed by atoms with Crippen LogP contribution in [0.4, 0.5) is 0 Å². The molecule has 0 amide bonds. The molecule has 4 heteroatoms. The third-order valence-corrected chi connectivity index (χ3v) is 9.88. The molecule has 0 unspecified atom stereocenters. The molecule has 1 aromatic carbocycles. The second-order valence-electron chi connectivity index (χ2n) is 6.87. The molecule has 0 aliphatic rings. The Morgan fingerprint density at radius 3 is 1.20 bits per heavy atom. The van der Waals surface area contributed by atoms with E-state index in [9.17, 15) is 0 Å². The lowest BCUT2D eigenvalue weighted by Crippen LogP contribution is -2.82. The monoisotopic (exact) mass is 419 g/mol. The Bertz CT molecular complexity index is 663. The highest BCUT2D eigenvalue weighted by molar-refractivity contribution is 6.85. The lowest BCUT2D eigenvalue weighted by Gasteiger charge is -2.53. The highest BCUT2D eigenvalue weighted by Crippen LogP contribution is 2.24. The second-order valence-corrected chi connectivity index (χ2v) is 10.6. The van der Waals surface area contributed by atoms with E-state index in [1.807, 2.05) is 42.5 Å². The fraction of sp³-hybridized carbons (Fsp3) is 0.231. The summed E-state index contributed by atoms with van der Waals surface area (Å²) in [7, 11) is -2.75. The minimum absolute atomic E-state index is 0.722. The van der Waals surface area contributed by atoms with Gasteiger partial charge >= 0.3 is 8.56 Å². The standard InChI is InChI=1S/C26H37N3Si/c1-8-19-27(20-9-2)30(28(21-10-3)22-11-4,29(23-12-5)24-13-6)26-18-16-15-17-25(26)14-7/h8-18H,1-7,19-24H2. The summed E-state index contributed by atoms with van der Waals surface area (Å²) in [6.45, 7) is 32.7. The molecule has 0 fully saturated rings. The van der Waals surface area contributed by atoms with Gasteiger partial charge < -0.3 is 0 Å². The van der Waals surface area contributed by atoms with E-state index in [4.69, 9.17) is 0 Å². The van der Waals surface area contributed by atoms with Crippen LogP contribution in [0.3, 0.4) is 0 Å². The van der Waals surface area contributed by atoms with Crippen molar-refractivity contribution in [2.45, 2.75) is 0 Å². The SMILES string of the molecule is C=CCN(CC=C)[Si](c1ccccc1C=C)(N(CC=C)CC=C)N(CC=C)CC=C. The fourth-order valence-corrected chi connectivity index (χ4v) is 9.43. The maximum Gasteiger partial charge on any atom is 0.325 e. The van der Waals surface area contributed by atoms with E-state index in [1.165, 1.54) is 5.19 Å². The van der Waals surface area contributed by atoms with E-state index < -0.39 is 8.56 Å². The van der Waals surface area contributed by atoms with Gasteiger partial charge in [0.05, 0.1) is 0 Å². The van der Waals surface area contributed by atoms with Crippen LogP contribution in [-0.4, -0.2) is 61.5 Å². The first kappa shape index (κ1) is 25.5. The molecule has 0 bridgehead atoms. The summed E-state index contributed by atoms with van der Waals surface area (Å²) in [4.78, 5) is 0. The molecule has 0 saturated carbocycles. The predicted molar refractivity (Wildman–Crippen MR) is 138 cm³/mol. The van der Waals surface area contributed by atoms with Crippen molar-refractivity contribution < 1.29 is 0 Å². The maximum atomic E-state index is 4.10. The lowest BCUT2D eigenvalue weighted by atomic mass is 10.2. The summed E-state index contributed by atoms with van der Waals surface area (Å²) in [5.74, 6) is 0. The number of benzene rings is 1. The highest BCUT2D eigenvalue weighted by Gasteiger charge is 2.52. The summed E-state index contributed by atoms with van der Waals surface area (Å²) in [6, 6.07) is 8.51. The Morgan fingerprint density at radius 2 is 0.900 bits per heavy atom. The molecular formula is C26H37N3Si. The normalized spacial score (nSPS) is 11.3. The predicted octanol–water partition coefficient (Wildman–Crippen LogP) is 4.50. The number of hydrogen-bond acceptors (Lipinski definition) is 3. The Morgan fingerprint density at radius 1 is 0.567 bits per heavy atom. The number of hydrogen-bond donors (Lipinski definition) is 0. The van der Waals surface area contributed by atoms with E-state index >= 15 is 0 Å².